The lowest BCUT2D eigenvalue weighted by Crippen LogP contribution is -2.20. The summed E-state index contributed by atoms with van der Waals surface area (Å²) in [6, 6.07) is 0. The van der Waals surface area contributed by atoms with Crippen molar-refractivity contribution in [3.63, 3.8) is 0 Å². The lowest BCUT2D eigenvalue weighted by Gasteiger charge is -2.00. The molecule has 92 valence electrons. The Morgan fingerprint density at radius 1 is 1.62 bits per heavy atom. The summed E-state index contributed by atoms with van der Waals surface area (Å²) in [4.78, 5) is 0. The Morgan fingerprint density at radius 2 is 2.44 bits per heavy atom. The van der Waals surface area contributed by atoms with Crippen molar-refractivity contribution in [2.45, 2.75) is 20.0 Å². The first-order chi connectivity index (χ1) is 7.76. The van der Waals surface area contributed by atoms with Gasteiger partial charge in [-0.3, -0.25) is 4.21 Å². The number of hydrogen-bond donors (Lipinski definition) is 2. The van der Waals surface area contributed by atoms with Crippen LogP contribution in [0.15, 0.2) is 6.20 Å². The molecule has 1 heterocycles. The molecule has 0 fully saturated rings. The second-order valence-electron chi connectivity index (χ2n) is 3.31. The molecule has 0 spiro atoms. The van der Waals surface area contributed by atoms with Crippen molar-refractivity contribution >= 4 is 10.8 Å². The minimum Gasteiger partial charge on any atom is -0.394 e. The van der Waals surface area contributed by atoms with E-state index < -0.39 is 10.8 Å². The molecule has 0 radical (unpaired) electrons. The minimum absolute atomic E-state index is 0.0612. The van der Waals surface area contributed by atoms with Crippen molar-refractivity contribution in [2.75, 3.05) is 24.7 Å². The first-order valence-corrected chi connectivity index (χ1v) is 6.80. The molecule has 0 aliphatic rings. The Hall–Kier alpha value is -0.790. The molecule has 16 heavy (non-hydrogen) atoms. The van der Waals surface area contributed by atoms with Gasteiger partial charge in [0.2, 0.25) is 0 Å². The van der Waals surface area contributed by atoms with Crippen molar-refractivity contribution in [3.05, 3.63) is 11.9 Å². The van der Waals surface area contributed by atoms with Gasteiger partial charge in [0.05, 0.1) is 18.8 Å². The Labute approximate surface area is 97.5 Å². The number of hydrogen-bond acceptors (Lipinski definition) is 5. The molecule has 0 aromatic carbocycles. The third kappa shape index (κ3) is 4.82. The predicted octanol–water partition coefficient (Wildman–Crippen LogP) is -0.871. The normalized spacial score (nSPS) is 12.9. The van der Waals surface area contributed by atoms with Crippen molar-refractivity contribution in [2.24, 2.45) is 0 Å². The molecular formula is C9H18N4O2S. The topological polar surface area (TPSA) is 80.0 Å². The van der Waals surface area contributed by atoms with Crippen LogP contribution >= 0.6 is 0 Å². The van der Waals surface area contributed by atoms with Gasteiger partial charge in [0.25, 0.3) is 0 Å². The predicted molar refractivity (Wildman–Crippen MR) is 62.4 cm³/mol. The van der Waals surface area contributed by atoms with Gasteiger partial charge in [-0.1, -0.05) is 12.1 Å². The molecule has 1 unspecified atom stereocenters. The highest BCUT2D eigenvalue weighted by Gasteiger charge is 2.00. The molecule has 0 aliphatic carbocycles. The fourth-order valence-electron chi connectivity index (χ4n) is 1.18. The number of aliphatic hydroxyl groups is 1. The molecule has 0 saturated carbocycles. The van der Waals surface area contributed by atoms with Crippen molar-refractivity contribution in [1.82, 2.24) is 20.3 Å². The fraction of sp³-hybridized carbons (Fsp3) is 0.778. The minimum atomic E-state index is -0.719. The monoisotopic (exact) mass is 246 g/mol. The van der Waals surface area contributed by atoms with Gasteiger partial charge >= 0.3 is 0 Å². The van der Waals surface area contributed by atoms with Crippen LogP contribution in [0.1, 0.15) is 12.6 Å². The standard InChI is InChI=1S/C9H18N4O2S/c1-2-16(15)6-3-10-7-9-8-13(4-5-14)12-11-9/h8,10,14H,2-7H2,1H3. The zero-order chi connectivity index (χ0) is 11.8. The summed E-state index contributed by atoms with van der Waals surface area (Å²) in [5, 5.41) is 19.6. The van der Waals surface area contributed by atoms with Gasteiger partial charge < -0.3 is 10.4 Å². The van der Waals surface area contributed by atoms with Crippen molar-refractivity contribution in [3.8, 4) is 0 Å². The van der Waals surface area contributed by atoms with Crippen LogP contribution in [0, 0.1) is 0 Å². The first-order valence-electron chi connectivity index (χ1n) is 5.31. The van der Waals surface area contributed by atoms with Gasteiger partial charge in [-0.15, -0.1) is 5.10 Å². The molecule has 1 atom stereocenters. The van der Waals surface area contributed by atoms with Crippen LogP contribution in [0.25, 0.3) is 0 Å². The van der Waals surface area contributed by atoms with Crippen LogP contribution in [-0.4, -0.2) is 49.0 Å². The largest absolute Gasteiger partial charge is 0.394 e. The molecule has 0 saturated heterocycles. The van der Waals surface area contributed by atoms with Crippen LogP contribution < -0.4 is 5.32 Å². The van der Waals surface area contributed by atoms with E-state index in [1.165, 1.54) is 0 Å². The lowest BCUT2D eigenvalue weighted by atomic mass is 10.4. The van der Waals surface area contributed by atoms with E-state index in [9.17, 15) is 4.21 Å². The Balaban J connectivity index is 2.19. The number of aromatic nitrogens is 3. The van der Waals surface area contributed by atoms with Gasteiger partial charge in [0.1, 0.15) is 0 Å². The Kier molecular flexibility index (Phi) is 6.20. The highest BCUT2D eigenvalue weighted by atomic mass is 32.2. The van der Waals surface area contributed by atoms with Crippen LogP contribution in [-0.2, 0) is 23.9 Å². The highest BCUT2D eigenvalue weighted by molar-refractivity contribution is 7.84. The molecule has 0 bridgehead atoms. The van der Waals surface area contributed by atoms with E-state index in [1.54, 1.807) is 10.9 Å². The van der Waals surface area contributed by atoms with E-state index in [0.717, 1.165) is 5.69 Å². The van der Waals surface area contributed by atoms with Crippen LogP contribution in [0.5, 0.6) is 0 Å². The maximum atomic E-state index is 11.1. The summed E-state index contributed by atoms with van der Waals surface area (Å²) < 4.78 is 12.7. The molecule has 1 rings (SSSR count). The van der Waals surface area contributed by atoms with Gasteiger partial charge in [-0.25, -0.2) is 4.68 Å². The van der Waals surface area contributed by atoms with Crippen molar-refractivity contribution < 1.29 is 9.32 Å². The smallest absolute Gasteiger partial charge is 0.0964 e. The average Bonchev–Trinajstić information content (AvgIpc) is 2.72. The average molecular weight is 246 g/mol. The number of aliphatic hydroxyl groups excluding tert-OH is 1. The SMILES string of the molecule is CCS(=O)CCNCc1cn(CCO)nn1. The Bertz CT molecular complexity index is 329. The number of nitrogens with one attached hydrogen (secondary N) is 1. The second kappa shape index (κ2) is 7.48. The summed E-state index contributed by atoms with van der Waals surface area (Å²) in [5.41, 5.74) is 0.829. The molecule has 1 aromatic rings. The second-order valence-corrected chi connectivity index (χ2v) is 5.17. The zero-order valence-corrected chi connectivity index (χ0v) is 10.2. The zero-order valence-electron chi connectivity index (χ0n) is 9.43. The maximum Gasteiger partial charge on any atom is 0.0964 e. The van der Waals surface area contributed by atoms with E-state index in [0.29, 0.717) is 31.1 Å². The van der Waals surface area contributed by atoms with E-state index in [2.05, 4.69) is 15.6 Å². The van der Waals surface area contributed by atoms with E-state index >= 15 is 0 Å². The van der Waals surface area contributed by atoms with Gasteiger partial charge in [0, 0.05) is 41.6 Å². The third-order valence-electron chi connectivity index (χ3n) is 2.05. The lowest BCUT2D eigenvalue weighted by molar-refractivity contribution is 0.268. The van der Waals surface area contributed by atoms with Crippen molar-refractivity contribution in [1.29, 1.82) is 0 Å². The van der Waals surface area contributed by atoms with Gasteiger partial charge in [-0.05, 0) is 0 Å². The maximum absolute atomic E-state index is 11.1. The van der Waals surface area contributed by atoms with E-state index in [-0.39, 0.29) is 6.61 Å². The molecule has 6 nitrogen and oxygen atoms in total. The highest BCUT2D eigenvalue weighted by Crippen LogP contribution is 1.92. The third-order valence-corrected chi connectivity index (χ3v) is 3.35. The van der Waals surface area contributed by atoms with Gasteiger partial charge in [0.15, 0.2) is 0 Å². The van der Waals surface area contributed by atoms with Crippen LogP contribution in [0.2, 0.25) is 0 Å². The molecule has 1 aromatic heterocycles. The quantitative estimate of drug-likeness (QED) is 0.583. The van der Waals surface area contributed by atoms with E-state index in [4.69, 9.17) is 5.11 Å². The fourth-order valence-corrected chi connectivity index (χ4v) is 1.84. The molecule has 0 amide bonds. The van der Waals surface area contributed by atoms with Crippen LogP contribution in [0.3, 0.4) is 0 Å². The number of rotatable bonds is 8. The van der Waals surface area contributed by atoms with E-state index in [1.807, 2.05) is 6.92 Å². The summed E-state index contributed by atoms with van der Waals surface area (Å²) in [7, 11) is -0.719. The molecule has 7 heteroatoms. The molecular weight excluding hydrogens is 228 g/mol. The Morgan fingerprint density at radius 3 is 3.12 bits per heavy atom. The number of nitrogens with zero attached hydrogens (tertiary/aromatic N) is 3. The van der Waals surface area contributed by atoms with Crippen LogP contribution in [0.4, 0.5) is 0 Å². The van der Waals surface area contributed by atoms with Gasteiger partial charge in [-0.2, -0.15) is 0 Å². The summed E-state index contributed by atoms with van der Waals surface area (Å²) in [6.45, 7) is 3.77. The summed E-state index contributed by atoms with van der Waals surface area (Å²) in [6.07, 6.45) is 1.79. The summed E-state index contributed by atoms with van der Waals surface area (Å²) >= 11 is 0. The molecule has 2 N–H and O–H groups in total. The summed E-state index contributed by atoms with van der Waals surface area (Å²) in [5.74, 6) is 1.37. The first kappa shape index (κ1) is 13.3. The molecule has 0 aliphatic heterocycles.